The molecule has 0 spiro atoms. The molecule has 182 valence electrons. The average molecular weight is 491 g/mol. The molecule has 0 saturated carbocycles. The minimum atomic E-state index is -0.549. The van der Waals surface area contributed by atoms with Crippen LogP contribution in [-0.4, -0.2) is 54.3 Å². The highest BCUT2D eigenvalue weighted by Gasteiger charge is 2.33. The minimum absolute atomic E-state index is 0.252. The van der Waals surface area contributed by atoms with Gasteiger partial charge in [-0.3, -0.25) is 4.99 Å². The van der Waals surface area contributed by atoms with E-state index in [0.717, 1.165) is 32.1 Å². The molecule has 3 heterocycles. The van der Waals surface area contributed by atoms with Crippen molar-refractivity contribution in [3.8, 4) is 11.5 Å². The summed E-state index contributed by atoms with van der Waals surface area (Å²) in [6, 6.07) is 5.26. The van der Waals surface area contributed by atoms with Crippen LogP contribution in [0.4, 0.5) is 21.6 Å². The lowest BCUT2D eigenvalue weighted by Gasteiger charge is -2.13. The van der Waals surface area contributed by atoms with Gasteiger partial charge in [0.25, 0.3) is 0 Å². The van der Waals surface area contributed by atoms with Crippen LogP contribution >= 0.6 is 11.6 Å². The molecule has 2 aromatic carbocycles. The van der Waals surface area contributed by atoms with Crippen LogP contribution in [0.1, 0.15) is 26.7 Å². The highest BCUT2D eigenvalue weighted by atomic mass is 35.5. The van der Waals surface area contributed by atoms with Crippen LogP contribution in [-0.2, 0) is 9.47 Å². The number of phenolic OH excluding ortho intramolecular Hbond substituents is 1. The number of hydrogen-bond donors (Lipinski definition) is 2. The molecule has 8 nitrogen and oxygen atoms in total. The topological polar surface area (TPSA) is 98.1 Å². The van der Waals surface area contributed by atoms with E-state index in [0.29, 0.717) is 40.4 Å². The molecule has 2 N–H and O–H groups in total. The van der Waals surface area contributed by atoms with E-state index in [1.807, 2.05) is 13.8 Å². The lowest BCUT2D eigenvalue weighted by molar-refractivity contribution is 0.0732. The third-order valence-electron chi connectivity index (χ3n) is 5.27. The van der Waals surface area contributed by atoms with Crippen molar-refractivity contribution in [1.82, 2.24) is 9.97 Å². The van der Waals surface area contributed by atoms with Crippen molar-refractivity contribution in [2.45, 2.75) is 38.9 Å². The largest absolute Gasteiger partial charge is 0.506 e. The molecular formula is C24H28ClFN4O4. The molecule has 2 aliphatic rings. The van der Waals surface area contributed by atoms with Crippen molar-refractivity contribution in [3.63, 3.8) is 0 Å². The Labute approximate surface area is 202 Å². The molecule has 1 aromatic heterocycles. The fourth-order valence-electron chi connectivity index (χ4n) is 3.71. The Hall–Kier alpha value is -3.01. The molecule has 0 aliphatic carbocycles. The maximum atomic E-state index is 13.1. The van der Waals surface area contributed by atoms with Crippen LogP contribution in [0.2, 0.25) is 5.02 Å². The predicted octanol–water partition coefficient (Wildman–Crippen LogP) is 5.80. The second kappa shape index (κ2) is 11.9. The van der Waals surface area contributed by atoms with E-state index in [2.05, 4.69) is 27.0 Å². The van der Waals surface area contributed by atoms with Gasteiger partial charge in [-0.15, -0.1) is 0 Å². The molecule has 10 heteroatoms. The molecule has 2 aliphatic heterocycles. The number of fused-ring (bicyclic) bond motifs is 2. The van der Waals surface area contributed by atoms with Gasteiger partial charge in [0.2, 0.25) is 0 Å². The monoisotopic (exact) mass is 490 g/mol. The zero-order chi connectivity index (χ0) is 24.7. The van der Waals surface area contributed by atoms with Crippen LogP contribution in [0, 0.1) is 5.82 Å². The fraction of sp³-hybridized carbons (Fsp3) is 0.375. The van der Waals surface area contributed by atoms with Gasteiger partial charge in [-0.25, -0.2) is 14.4 Å². The average Bonchev–Trinajstić information content (AvgIpc) is 3.48. The second-order valence-electron chi connectivity index (χ2n) is 7.20. The van der Waals surface area contributed by atoms with Crippen LogP contribution in [0.3, 0.4) is 0 Å². The van der Waals surface area contributed by atoms with E-state index in [4.69, 9.17) is 25.8 Å². The molecule has 34 heavy (non-hydrogen) atoms. The predicted molar refractivity (Wildman–Crippen MR) is 132 cm³/mol. The van der Waals surface area contributed by atoms with Gasteiger partial charge in [0.05, 0.1) is 40.9 Å². The van der Waals surface area contributed by atoms with E-state index < -0.39 is 5.82 Å². The summed E-state index contributed by atoms with van der Waals surface area (Å²) in [6.45, 7) is 9.31. The summed E-state index contributed by atoms with van der Waals surface area (Å²) in [6.07, 6.45) is 4.47. The van der Waals surface area contributed by atoms with Crippen LogP contribution < -0.4 is 10.1 Å². The number of rotatable bonds is 4. The summed E-state index contributed by atoms with van der Waals surface area (Å²) in [5.74, 6) is -0.137. The number of anilines is 2. The first-order valence-corrected chi connectivity index (χ1v) is 11.4. The number of nitrogens with zero attached hydrogens (tertiary/aromatic N) is 3. The molecule has 0 unspecified atom stereocenters. The van der Waals surface area contributed by atoms with Crippen molar-refractivity contribution in [2.24, 2.45) is 4.99 Å². The zero-order valence-electron chi connectivity index (χ0n) is 19.3. The van der Waals surface area contributed by atoms with Crippen molar-refractivity contribution < 1.29 is 23.7 Å². The summed E-state index contributed by atoms with van der Waals surface area (Å²) < 4.78 is 29.1. The van der Waals surface area contributed by atoms with Gasteiger partial charge in [0.1, 0.15) is 29.4 Å². The highest BCUT2D eigenvalue weighted by molar-refractivity contribution is 6.38. The third kappa shape index (κ3) is 5.55. The van der Waals surface area contributed by atoms with Gasteiger partial charge in [-0.05, 0) is 37.8 Å². The zero-order valence-corrected chi connectivity index (χ0v) is 20.1. The van der Waals surface area contributed by atoms with E-state index in [9.17, 15) is 9.50 Å². The van der Waals surface area contributed by atoms with E-state index in [1.165, 1.54) is 25.6 Å². The first-order valence-electron chi connectivity index (χ1n) is 11.0. The van der Waals surface area contributed by atoms with E-state index in [1.54, 1.807) is 6.07 Å². The first-order chi connectivity index (χ1) is 16.5. The third-order valence-corrected chi connectivity index (χ3v) is 5.63. The Morgan fingerprint density at radius 2 is 1.85 bits per heavy atom. The molecular weight excluding hydrogens is 463 g/mol. The quantitative estimate of drug-likeness (QED) is 0.352. The van der Waals surface area contributed by atoms with Gasteiger partial charge < -0.3 is 24.6 Å². The summed E-state index contributed by atoms with van der Waals surface area (Å²) in [5, 5.41) is 13.5. The Morgan fingerprint density at radius 1 is 1.18 bits per heavy atom. The number of aliphatic imine (C=N–C) groups is 1. The number of aromatic nitrogens is 2. The molecule has 0 amide bonds. The molecule has 0 radical (unpaired) electrons. The molecule has 5 rings (SSSR count). The molecule has 0 bridgehead atoms. The summed E-state index contributed by atoms with van der Waals surface area (Å²) in [4.78, 5) is 12.2. The van der Waals surface area contributed by atoms with E-state index >= 15 is 0 Å². The first kappa shape index (κ1) is 25.6. The van der Waals surface area contributed by atoms with Crippen LogP contribution in [0.25, 0.3) is 10.9 Å². The summed E-state index contributed by atoms with van der Waals surface area (Å²) in [5.41, 5.74) is 1.24. The Morgan fingerprint density at radius 3 is 2.44 bits per heavy atom. The molecule has 2 saturated heterocycles. The minimum Gasteiger partial charge on any atom is -0.506 e. The number of methoxy groups -OCH3 is 1. The maximum Gasteiger partial charge on any atom is 0.163 e. The molecule has 2 atom stereocenters. The lowest BCUT2D eigenvalue weighted by Crippen LogP contribution is -2.13. The number of aromatic hydroxyl groups is 1. The van der Waals surface area contributed by atoms with Crippen molar-refractivity contribution in [1.29, 1.82) is 0 Å². The van der Waals surface area contributed by atoms with Gasteiger partial charge in [0, 0.05) is 19.3 Å². The Balaban J connectivity index is 0.000000268. The summed E-state index contributed by atoms with van der Waals surface area (Å²) in [7, 11) is 1.46. The molecule has 3 aromatic rings. The molecule has 2 fully saturated rings. The number of benzene rings is 2. The smallest absolute Gasteiger partial charge is 0.163 e. The lowest BCUT2D eigenvalue weighted by atomic mass is 10.2. The van der Waals surface area contributed by atoms with Crippen molar-refractivity contribution in [2.75, 3.05) is 25.6 Å². The van der Waals surface area contributed by atoms with E-state index in [-0.39, 0.29) is 16.5 Å². The Kier molecular flexibility index (Phi) is 8.98. The van der Waals surface area contributed by atoms with Gasteiger partial charge in [0.15, 0.2) is 5.75 Å². The van der Waals surface area contributed by atoms with Gasteiger partial charge in [-0.2, -0.15) is 0 Å². The van der Waals surface area contributed by atoms with Gasteiger partial charge >= 0.3 is 0 Å². The maximum absolute atomic E-state index is 13.1. The second-order valence-corrected chi connectivity index (χ2v) is 7.58. The van der Waals surface area contributed by atoms with Gasteiger partial charge in [-0.1, -0.05) is 25.4 Å². The number of nitrogens with one attached hydrogen (secondary N) is 1. The van der Waals surface area contributed by atoms with Crippen molar-refractivity contribution in [3.05, 3.63) is 41.4 Å². The van der Waals surface area contributed by atoms with Crippen LogP contribution in [0.5, 0.6) is 11.5 Å². The SMILES string of the molecule is C1C[C@H]2OCC[C@H]2O1.C=Nc1cc2ncnc(Nc3ccc(F)cc3O)c2c(Cl)c1OC.CC. The highest BCUT2D eigenvalue weighted by Crippen LogP contribution is 2.43. The number of ether oxygens (including phenoxy) is 3. The van der Waals surface area contributed by atoms with Crippen molar-refractivity contribution >= 4 is 46.4 Å². The number of hydrogen-bond acceptors (Lipinski definition) is 8. The number of halogens is 2. The summed E-state index contributed by atoms with van der Waals surface area (Å²) >= 11 is 6.41. The standard InChI is InChI=1S/C16H12ClFN4O2.C6H10O2.C2H6/c1-19-11-6-10-13(14(17)15(11)24-2)16(21-7-20-10)22-9-4-3-8(18)5-12(9)23;1-3-7-6-2-4-8-5(1)6;1-2/h3-7,23H,1H2,2H3,(H,20,21,22);5-6H,1-4H2;1-2H3/t;5-,6-;/m.1./s1. The number of phenols is 1. The fourth-order valence-corrected chi connectivity index (χ4v) is 4.08. The normalized spacial score (nSPS) is 18.3. The Bertz CT molecular complexity index is 1130. The van der Waals surface area contributed by atoms with Crippen LogP contribution in [0.15, 0.2) is 35.6 Å².